The van der Waals surface area contributed by atoms with Gasteiger partial charge in [-0.2, -0.15) is 0 Å². The lowest BCUT2D eigenvalue weighted by atomic mass is 10.1. The average Bonchev–Trinajstić information content (AvgIpc) is 3.17. The summed E-state index contributed by atoms with van der Waals surface area (Å²) in [5, 5.41) is 0.0248. The Morgan fingerprint density at radius 3 is 2.93 bits per heavy atom. The number of hydrogen-bond acceptors (Lipinski definition) is 5. The van der Waals surface area contributed by atoms with Crippen molar-refractivity contribution < 1.29 is 22.4 Å². The van der Waals surface area contributed by atoms with Crippen LogP contribution >= 0.6 is 11.6 Å². The van der Waals surface area contributed by atoms with Crippen molar-refractivity contribution in [2.75, 3.05) is 13.6 Å². The first-order chi connectivity index (χ1) is 15.5. The van der Waals surface area contributed by atoms with Crippen molar-refractivity contribution >= 4 is 17.5 Å². The summed E-state index contributed by atoms with van der Waals surface area (Å²) in [7, 11) is -2.66. The van der Waals surface area contributed by atoms with Gasteiger partial charge < -0.3 is 14.2 Å². The van der Waals surface area contributed by atoms with Crippen molar-refractivity contribution in [2.24, 2.45) is 0 Å². The molecular weight excluding hydrogens is 416 g/mol. The monoisotopic (exact) mass is 436 g/mol. The summed E-state index contributed by atoms with van der Waals surface area (Å²) in [6.45, 7) is 1.56. The van der Waals surface area contributed by atoms with Gasteiger partial charge in [0.1, 0.15) is 5.69 Å². The molecule has 156 valence electrons. The number of hydrogen-bond donors (Lipinski definition) is 0. The summed E-state index contributed by atoms with van der Waals surface area (Å²) in [6, 6.07) is 2.61. The molecule has 0 aliphatic carbocycles. The fourth-order valence-electron chi connectivity index (χ4n) is 3.41. The van der Waals surface area contributed by atoms with E-state index in [-0.39, 0.29) is 30.8 Å². The maximum absolute atomic E-state index is 13.7. The molecule has 1 aliphatic heterocycles. The van der Waals surface area contributed by atoms with Gasteiger partial charge in [0.2, 0.25) is 5.28 Å². The van der Waals surface area contributed by atoms with Crippen molar-refractivity contribution in [3.05, 3.63) is 64.5 Å². The molecule has 3 heterocycles. The molecule has 0 bridgehead atoms. The number of nitrogens with zero attached hydrogens (tertiary/aromatic N) is 5. The molecule has 0 saturated carbocycles. The number of carbonyl (C=O) groups is 1. The largest absolute Gasteiger partial charge is 0.382 e. The third-order valence-corrected chi connectivity index (χ3v) is 5.06. The van der Waals surface area contributed by atoms with E-state index < -0.39 is 30.6 Å². The summed E-state index contributed by atoms with van der Waals surface area (Å²) < 4.78 is 55.5. The maximum atomic E-state index is 13.7. The number of fused-ring (bicyclic) bond motifs is 1. The van der Waals surface area contributed by atoms with Crippen molar-refractivity contribution in [2.45, 2.75) is 26.1 Å². The first kappa shape index (κ1) is 16.8. The summed E-state index contributed by atoms with van der Waals surface area (Å²) in [6.07, 6.45) is 3.16. The zero-order valence-corrected chi connectivity index (χ0v) is 16.5. The predicted octanol–water partition coefficient (Wildman–Crippen LogP) is 3.25. The minimum absolute atomic E-state index is 0.0248. The minimum Gasteiger partial charge on any atom is -0.382 e. The highest BCUT2D eigenvalue weighted by atomic mass is 35.5. The van der Waals surface area contributed by atoms with E-state index >= 15 is 0 Å². The maximum Gasteiger partial charge on any atom is 0.290 e. The topological polar surface area (TPSA) is 73.1 Å². The third-order valence-electron chi connectivity index (χ3n) is 4.87. The van der Waals surface area contributed by atoms with Crippen molar-refractivity contribution in [1.29, 1.82) is 0 Å². The lowest BCUT2D eigenvalue weighted by Gasteiger charge is -2.35. The van der Waals surface area contributed by atoms with E-state index in [0.717, 1.165) is 12.1 Å². The van der Waals surface area contributed by atoms with Gasteiger partial charge in [0.25, 0.3) is 5.91 Å². The molecule has 0 radical (unpaired) electrons. The van der Waals surface area contributed by atoms with Crippen LogP contribution in [0.15, 0.2) is 30.6 Å². The van der Waals surface area contributed by atoms with Gasteiger partial charge in [0.15, 0.2) is 17.5 Å². The first-order valence-corrected chi connectivity index (χ1v) is 9.35. The van der Waals surface area contributed by atoms with Crippen LogP contribution in [-0.2, 0) is 17.8 Å². The number of benzene rings is 1. The van der Waals surface area contributed by atoms with Crippen LogP contribution in [0.1, 0.15) is 25.9 Å². The van der Waals surface area contributed by atoms with Crippen molar-refractivity contribution in [3.63, 3.8) is 0 Å². The fraction of sp³-hybridized carbons (Fsp3) is 0.300. The smallest absolute Gasteiger partial charge is 0.290 e. The Morgan fingerprint density at radius 2 is 2.17 bits per heavy atom. The van der Waals surface area contributed by atoms with Crippen LogP contribution in [0.3, 0.4) is 0 Å². The van der Waals surface area contributed by atoms with Crippen LogP contribution in [0, 0.1) is 18.6 Å². The van der Waals surface area contributed by atoms with Crippen LogP contribution in [0.4, 0.5) is 8.78 Å². The van der Waals surface area contributed by atoms with E-state index in [1.54, 1.807) is 17.7 Å². The van der Waals surface area contributed by atoms with Crippen molar-refractivity contribution in [3.8, 4) is 11.4 Å². The zero-order valence-electron chi connectivity index (χ0n) is 18.8. The fourth-order valence-corrected chi connectivity index (χ4v) is 3.55. The zero-order chi connectivity index (χ0) is 23.9. The molecular formula is C20H18ClF2N5O2. The highest BCUT2D eigenvalue weighted by molar-refractivity contribution is 6.28. The van der Waals surface area contributed by atoms with Gasteiger partial charge >= 0.3 is 0 Å². The normalized spacial score (nSPS) is 18.0. The molecule has 3 aromatic rings. The Labute approximate surface area is 180 Å². The summed E-state index contributed by atoms with van der Waals surface area (Å²) in [5.41, 5.74) is 1.88. The Morgan fingerprint density at radius 1 is 1.33 bits per heavy atom. The Hall–Kier alpha value is -2.91. The summed E-state index contributed by atoms with van der Waals surface area (Å²) in [5.74, 6) is -2.49. The Balaban J connectivity index is 1.69. The molecule has 1 unspecified atom stereocenters. The van der Waals surface area contributed by atoms with E-state index in [1.807, 2.05) is 0 Å². The SMILES string of the molecule is [2H]C([2H])([2H])OCC1Cn2cc(-c3nc(Cl)ncc3C)nc2C(=O)N1Cc1ccc(F)c(F)c1. The van der Waals surface area contributed by atoms with Gasteiger partial charge in [-0.15, -0.1) is 0 Å². The molecule has 0 N–H and O–H groups in total. The number of imidazole rings is 1. The number of ether oxygens (including phenoxy) is 1. The van der Waals surface area contributed by atoms with Gasteiger partial charge in [0, 0.05) is 32.5 Å². The Kier molecular flexibility index (Phi) is 4.53. The van der Waals surface area contributed by atoms with Gasteiger partial charge in [-0.05, 0) is 41.8 Å². The van der Waals surface area contributed by atoms with E-state index in [4.69, 9.17) is 20.5 Å². The second-order valence-corrected chi connectivity index (χ2v) is 7.26. The number of halogens is 3. The molecule has 2 aromatic heterocycles. The van der Waals surface area contributed by atoms with E-state index in [1.165, 1.54) is 17.2 Å². The van der Waals surface area contributed by atoms with E-state index in [2.05, 4.69) is 15.0 Å². The van der Waals surface area contributed by atoms with Crippen LogP contribution in [0.25, 0.3) is 11.4 Å². The molecule has 0 saturated heterocycles. The van der Waals surface area contributed by atoms with Gasteiger partial charge in [-0.1, -0.05) is 6.07 Å². The van der Waals surface area contributed by atoms with Crippen molar-refractivity contribution in [1.82, 2.24) is 24.4 Å². The van der Waals surface area contributed by atoms with Crippen LogP contribution in [0.2, 0.25) is 5.28 Å². The summed E-state index contributed by atoms with van der Waals surface area (Å²) in [4.78, 5) is 27.2. The molecule has 0 spiro atoms. The number of aryl methyl sites for hydroxylation is 1. The molecule has 1 amide bonds. The lowest BCUT2D eigenvalue weighted by molar-refractivity contribution is 0.0379. The number of rotatable bonds is 5. The average molecular weight is 437 g/mol. The van der Waals surface area contributed by atoms with E-state index in [9.17, 15) is 13.6 Å². The number of methoxy groups -OCH3 is 1. The number of aromatic nitrogens is 4. The standard InChI is InChI=1S/C20H18ClF2N5O2/c1-11-6-24-20(21)26-17(11)16-9-27-8-13(10-30-2)28(19(29)18(27)25-16)7-12-3-4-14(22)15(23)5-12/h3-6,9,13H,7-8,10H2,1-2H3/i2D3. The van der Waals surface area contributed by atoms with E-state index in [0.29, 0.717) is 22.5 Å². The highest BCUT2D eigenvalue weighted by Crippen LogP contribution is 2.26. The summed E-state index contributed by atoms with van der Waals surface area (Å²) >= 11 is 5.91. The molecule has 30 heavy (non-hydrogen) atoms. The molecule has 1 aliphatic rings. The van der Waals surface area contributed by atoms with Gasteiger partial charge in [0.05, 0.1) is 22.5 Å². The third kappa shape index (κ3) is 3.78. The molecule has 7 nitrogen and oxygen atoms in total. The Bertz CT molecular complexity index is 1220. The predicted molar refractivity (Wildman–Crippen MR) is 105 cm³/mol. The lowest BCUT2D eigenvalue weighted by Crippen LogP contribution is -2.49. The molecule has 0 fully saturated rings. The van der Waals surface area contributed by atoms with Crippen LogP contribution in [0.5, 0.6) is 0 Å². The molecule has 10 heteroatoms. The number of carbonyl (C=O) groups excluding carboxylic acids is 1. The molecule has 4 rings (SSSR count). The first-order valence-electron chi connectivity index (χ1n) is 10.5. The highest BCUT2D eigenvalue weighted by Gasteiger charge is 2.34. The second kappa shape index (κ2) is 8.08. The second-order valence-electron chi connectivity index (χ2n) is 6.92. The molecule has 1 atom stereocenters. The van der Waals surface area contributed by atoms with Gasteiger partial charge in [-0.3, -0.25) is 4.79 Å². The quantitative estimate of drug-likeness (QED) is 0.574. The van der Waals surface area contributed by atoms with Crippen LogP contribution in [-0.4, -0.2) is 50.0 Å². The minimum atomic E-state index is -2.66. The van der Waals surface area contributed by atoms with Crippen LogP contribution < -0.4 is 0 Å². The number of amides is 1. The van der Waals surface area contributed by atoms with Gasteiger partial charge in [-0.25, -0.2) is 23.7 Å². The molecule has 1 aromatic carbocycles.